The van der Waals surface area contributed by atoms with E-state index in [1.54, 1.807) is 6.07 Å². The highest BCUT2D eigenvalue weighted by molar-refractivity contribution is 6.34. The number of ether oxygens (including phenoxy) is 1. The van der Waals surface area contributed by atoms with Crippen molar-refractivity contribution in [2.45, 2.75) is 0 Å². The van der Waals surface area contributed by atoms with Crippen LogP contribution in [0.4, 0.5) is 10.1 Å². The molecule has 6 nitrogen and oxygen atoms in total. The Kier molecular flexibility index (Phi) is 4.09. The van der Waals surface area contributed by atoms with Crippen LogP contribution in [0.3, 0.4) is 0 Å². The molecule has 1 aliphatic heterocycles. The highest BCUT2D eigenvalue weighted by atomic mass is 35.5. The van der Waals surface area contributed by atoms with Crippen molar-refractivity contribution < 1.29 is 18.8 Å². The van der Waals surface area contributed by atoms with Gasteiger partial charge in [-0.05, 0) is 29.8 Å². The van der Waals surface area contributed by atoms with Crippen LogP contribution >= 0.6 is 11.6 Å². The largest absolute Gasteiger partial charge is 0.402 e. The van der Waals surface area contributed by atoms with Gasteiger partial charge in [0, 0.05) is 12.1 Å². The van der Waals surface area contributed by atoms with E-state index in [-0.39, 0.29) is 27.9 Å². The lowest BCUT2D eigenvalue weighted by Crippen LogP contribution is -2.06. The lowest BCUT2D eigenvalue weighted by atomic mass is 10.2. The van der Waals surface area contributed by atoms with Gasteiger partial charge >= 0.3 is 5.97 Å². The van der Waals surface area contributed by atoms with Crippen LogP contribution in [-0.4, -0.2) is 16.8 Å². The van der Waals surface area contributed by atoms with E-state index in [9.17, 15) is 19.3 Å². The summed E-state index contributed by atoms with van der Waals surface area (Å²) in [5.41, 5.74) is 0.481. The SMILES string of the molecule is O=C1OC(c2ccc([N+](=O)[O-])cc2Cl)=N/C1=C/c1cccc(F)c1. The number of benzene rings is 2. The van der Waals surface area contributed by atoms with E-state index >= 15 is 0 Å². The zero-order valence-corrected chi connectivity index (χ0v) is 12.7. The monoisotopic (exact) mass is 346 g/mol. The predicted octanol–water partition coefficient (Wildman–Crippen LogP) is 3.73. The van der Waals surface area contributed by atoms with Crippen LogP contribution in [0.15, 0.2) is 53.2 Å². The maximum absolute atomic E-state index is 13.2. The Morgan fingerprint density at radius 1 is 1.25 bits per heavy atom. The molecule has 120 valence electrons. The first-order chi connectivity index (χ1) is 11.4. The Morgan fingerprint density at radius 3 is 2.71 bits per heavy atom. The number of carbonyl (C=O) groups is 1. The summed E-state index contributed by atoms with van der Waals surface area (Å²) in [6.45, 7) is 0. The Morgan fingerprint density at radius 2 is 2.04 bits per heavy atom. The molecule has 0 radical (unpaired) electrons. The number of nitro groups is 1. The van der Waals surface area contributed by atoms with E-state index in [0.29, 0.717) is 5.56 Å². The van der Waals surface area contributed by atoms with Crippen molar-refractivity contribution in [1.29, 1.82) is 0 Å². The lowest BCUT2D eigenvalue weighted by molar-refractivity contribution is -0.384. The molecule has 0 aromatic heterocycles. The smallest absolute Gasteiger partial charge is 0.363 e. The molecule has 1 heterocycles. The Labute approximate surface area is 140 Å². The number of nitrogens with zero attached hydrogens (tertiary/aromatic N) is 2. The van der Waals surface area contributed by atoms with Crippen molar-refractivity contribution >= 4 is 35.2 Å². The second-order valence-electron chi connectivity index (χ2n) is 4.81. The molecule has 0 N–H and O–H groups in total. The zero-order chi connectivity index (χ0) is 17.3. The van der Waals surface area contributed by atoms with E-state index in [2.05, 4.69) is 4.99 Å². The van der Waals surface area contributed by atoms with Crippen molar-refractivity contribution in [1.82, 2.24) is 0 Å². The predicted molar refractivity (Wildman–Crippen MR) is 85.1 cm³/mol. The summed E-state index contributed by atoms with van der Waals surface area (Å²) < 4.78 is 18.2. The molecule has 0 saturated heterocycles. The number of hydrogen-bond acceptors (Lipinski definition) is 5. The summed E-state index contributed by atoms with van der Waals surface area (Å²) in [5, 5.41) is 10.7. The van der Waals surface area contributed by atoms with Gasteiger partial charge in [0.15, 0.2) is 5.70 Å². The highest BCUT2D eigenvalue weighted by Gasteiger charge is 2.26. The van der Waals surface area contributed by atoms with Crippen LogP contribution in [0.2, 0.25) is 5.02 Å². The van der Waals surface area contributed by atoms with Crippen LogP contribution in [-0.2, 0) is 9.53 Å². The molecular weight excluding hydrogens is 339 g/mol. The minimum Gasteiger partial charge on any atom is -0.402 e. The summed E-state index contributed by atoms with van der Waals surface area (Å²) in [4.78, 5) is 26.0. The number of non-ortho nitro benzene ring substituents is 1. The van der Waals surface area contributed by atoms with Crippen LogP contribution < -0.4 is 0 Å². The van der Waals surface area contributed by atoms with Crippen LogP contribution in [0.1, 0.15) is 11.1 Å². The average molecular weight is 347 g/mol. The Bertz CT molecular complexity index is 924. The fraction of sp³-hybridized carbons (Fsp3) is 0. The zero-order valence-electron chi connectivity index (χ0n) is 11.9. The molecule has 0 atom stereocenters. The number of carbonyl (C=O) groups excluding carboxylic acids is 1. The number of aliphatic imine (C=N–C) groups is 1. The minimum absolute atomic E-state index is 0.0231. The van der Waals surface area contributed by atoms with Crippen LogP contribution in [0.5, 0.6) is 0 Å². The first-order valence-corrected chi connectivity index (χ1v) is 7.04. The van der Waals surface area contributed by atoms with E-state index < -0.39 is 16.7 Å². The molecular formula is C16H8ClFN2O4. The number of esters is 1. The Balaban J connectivity index is 1.96. The molecule has 24 heavy (non-hydrogen) atoms. The van der Waals surface area contributed by atoms with Crippen molar-refractivity contribution in [3.63, 3.8) is 0 Å². The van der Waals surface area contributed by atoms with E-state index in [1.165, 1.54) is 36.4 Å². The molecule has 0 spiro atoms. The molecule has 2 aromatic rings. The molecule has 0 bridgehead atoms. The molecule has 0 saturated carbocycles. The maximum atomic E-state index is 13.2. The standard InChI is InChI=1S/C16H8ClFN2O4/c17-13-8-11(20(22)23)4-5-12(13)15-19-14(16(21)24-15)7-9-2-1-3-10(18)6-9/h1-8H/b14-7+. The fourth-order valence-electron chi connectivity index (χ4n) is 2.07. The first kappa shape index (κ1) is 15.8. The average Bonchev–Trinajstić information content (AvgIpc) is 2.87. The van der Waals surface area contributed by atoms with Gasteiger partial charge in [-0.15, -0.1) is 0 Å². The molecule has 0 amide bonds. The minimum atomic E-state index is -0.719. The third-order valence-electron chi connectivity index (χ3n) is 3.17. The number of rotatable bonds is 3. The summed E-state index contributed by atoms with van der Waals surface area (Å²) in [6, 6.07) is 9.34. The molecule has 1 aliphatic rings. The lowest BCUT2D eigenvalue weighted by Gasteiger charge is -2.02. The second kappa shape index (κ2) is 6.21. The number of hydrogen-bond donors (Lipinski definition) is 0. The van der Waals surface area contributed by atoms with Crippen LogP contribution in [0, 0.1) is 15.9 Å². The topological polar surface area (TPSA) is 81.8 Å². The van der Waals surface area contributed by atoms with Crippen LogP contribution in [0.25, 0.3) is 6.08 Å². The molecule has 8 heteroatoms. The van der Waals surface area contributed by atoms with Gasteiger partial charge in [0.05, 0.1) is 15.5 Å². The molecule has 3 rings (SSSR count). The maximum Gasteiger partial charge on any atom is 0.363 e. The number of cyclic esters (lactones) is 1. The van der Waals surface area contributed by atoms with Gasteiger partial charge in [0.2, 0.25) is 5.90 Å². The normalized spacial score (nSPS) is 15.3. The Hall–Kier alpha value is -3.06. The van der Waals surface area contributed by atoms with E-state index in [1.807, 2.05) is 0 Å². The summed E-state index contributed by atoms with van der Waals surface area (Å²) in [6.07, 6.45) is 1.37. The molecule has 0 aliphatic carbocycles. The van der Waals surface area contributed by atoms with Crippen molar-refractivity contribution in [3.8, 4) is 0 Å². The van der Waals surface area contributed by atoms with Crippen molar-refractivity contribution in [3.05, 3.63) is 80.2 Å². The summed E-state index contributed by atoms with van der Waals surface area (Å²) >= 11 is 5.98. The summed E-state index contributed by atoms with van der Waals surface area (Å²) in [5.74, 6) is -1.23. The number of nitro benzene ring substituents is 1. The third-order valence-corrected chi connectivity index (χ3v) is 3.48. The number of halogens is 2. The van der Waals surface area contributed by atoms with Gasteiger partial charge in [0.25, 0.3) is 5.69 Å². The molecule has 0 fully saturated rings. The highest BCUT2D eigenvalue weighted by Crippen LogP contribution is 2.27. The van der Waals surface area contributed by atoms with Gasteiger partial charge in [-0.2, -0.15) is 0 Å². The molecule has 0 unspecified atom stereocenters. The summed E-state index contributed by atoms with van der Waals surface area (Å²) in [7, 11) is 0. The third kappa shape index (κ3) is 3.16. The van der Waals surface area contributed by atoms with Gasteiger partial charge in [0.1, 0.15) is 5.82 Å². The van der Waals surface area contributed by atoms with E-state index in [0.717, 1.165) is 6.07 Å². The van der Waals surface area contributed by atoms with Gasteiger partial charge in [-0.3, -0.25) is 10.1 Å². The van der Waals surface area contributed by atoms with Crippen molar-refractivity contribution in [2.75, 3.05) is 0 Å². The fourth-order valence-corrected chi connectivity index (χ4v) is 2.33. The van der Waals surface area contributed by atoms with Gasteiger partial charge < -0.3 is 4.74 Å². The quantitative estimate of drug-likeness (QED) is 0.367. The molecule has 2 aromatic carbocycles. The van der Waals surface area contributed by atoms with Crippen molar-refractivity contribution in [2.24, 2.45) is 4.99 Å². The first-order valence-electron chi connectivity index (χ1n) is 6.66. The van der Waals surface area contributed by atoms with E-state index in [4.69, 9.17) is 16.3 Å². The van der Waals surface area contributed by atoms with Gasteiger partial charge in [-0.1, -0.05) is 23.7 Å². The second-order valence-corrected chi connectivity index (χ2v) is 5.22. The van der Waals surface area contributed by atoms with Gasteiger partial charge in [-0.25, -0.2) is 14.2 Å².